The van der Waals surface area contributed by atoms with Gasteiger partial charge in [0.05, 0.1) is 11.0 Å². The molecule has 1 aromatic carbocycles. The number of aryl methyl sites for hydroxylation is 1. The number of unbranched alkanes of at least 4 members (excludes halogenated alkanes) is 2. The summed E-state index contributed by atoms with van der Waals surface area (Å²) < 4.78 is 2.41. The van der Waals surface area contributed by atoms with Crippen LogP contribution in [0.5, 0.6) is 0 Å². The maximum absolute atomic E-state index is 4.83. The van der Waals surface area contributed by atoms with Crippen LogP contribution in [0.2, 0.25) is 0 Å². The molecule has 0 fully saturated rings. The number of para-hydroxylation sites is 2. The Morgan fingerprint density at radius 3 is 2.50 bits per heavy atom. The fourth-order valence-electron chi connectivity index (χ4n) is 2.39. The molecule has 0 atom stereocenters. The highest BCUT2D eigenvalue weighted by Gasteiger charge is 2.22. The van der Waals surface area contributed by atoms with E-state index in [4.69, 9.17) is 4.98 Å². The average molecular weight is 244 g/mol. The van der Waals surface area contributed by atoms with Gasteiger partial charge in [-0.25, -0.2) is 4.98 Å². The highest BCUT2D eigenvalue weighted by molar-refractivity contribution is 5.76. The summed E-state index contributed by atoms with van der Waals surface area (Å²) in [4.78, 5) is 4.83. The summed E-state index contributed by atoms with van der Waals surface area (Å²) in [7, 11) is 0. The maximum atomic E-state index is 4.83. The van der Waals surface area contributed by atoms with Gasteiger partial charge in [0.15, 0.2) is 0 Å². The molecule has 2 heteroatoms. The number of nitrogens with zero attached hydrogens (tertiary/aromatic N) is 2. The number of hydrogen-bond acceptors (Lipinski definition) is 1. The molecule has 0 bridgehead atoms. The van der Waals surface area contributed by atoms with Crippen molar-refractivity contribution >= 4 is 11.0 Å². The zero-order chi connectivity index (χ0) is 13.2. The highest BCUT2D eigenvalue weighted by Crippen LogP contribution is 2.26. The van der Waals surface area contributed by atoms with Crippen molar-refractivity contribution in [1.29, 1.82) is 0 Å². The summed E-state index contributed by atoms with van der Waals surface area (Å²) in [5.74, 6) is 1.21. The van der Waals surface area contributed by atoms with Gasteiger partial charge in [-0.1, -0.05) is 52.7 Å². The highest BCUT2D eigenvalue weighted by atomic mass is 15.1. The summed E-state index contributed by atoms with van der Waals surface area (Å²) in [6.45, 7) is 10.1. The molecule has 0 aliphatic rings. The van der Waals surface area contributed by atoms with Crippen LogP contribution in [0, 0.1) is 0 Å². The number of imidazole rings is 1. The Balaban J connectivity index is 2.44. The summed E-state index contributed by atoms with van der Waals surface area (Å²) in [6, 6.07) is 8.47. The molecule has 18 heavy (non-hydrogen) atoms. The van der Waals surface area contributed by atoms with E-state index in [0.29, 0.717) is 0 Å². The lowest BCUT2D eigenvalue weighted by molar-refractivity contribution is 0.490. The number of aromatic nitrogens is 2. The molecule has 2 nitrogen and oxygen atoms in total. The van der Waals surface area contributed by atoms with Crippen LogP contribution in [0.3, 0.4) is 0 Å². The van der Waals surface area contributed by atoms with Crippen LogP contribution < -0.4 is 0 Å². The third-order valence-corrected chi connectivity index (χ3v) is 3.31. The zero-order valence-corrected chi connectivity index (χ0v) is 12.0. The first-order valence-electron chi connectivity index (χ1n) is 7.00. The topological polar surface area (TPSA) is 17.8 Å². The van der Waals surface area contributed by atoms with Crippen molar-refractivity contribution in [1.82, 2.24) is 9.55 Å². The molecule has 1 heterocycles. The molecule has 2 aromatic rings. The van der Waals surface area contributed by atoms with Crippen molar-refractivity contribution in [2.24, 2.45) is 0 Å². The molecule has 2 rings (SSSR count). The van der Waals surface area contributed by atoms with Gasteiger partial charge < -0.3 is 4.57 Å². The predicted octanol–water partition coefficient (Wildman–Crippen LogP) is 4.52. The second kappa shape index (κ2) is 5.13. The minimum atomic E-state index is 0.102. The maximum Gasteiger partial charge on any atom is 0.115 e. The summed E-state index contributed by atoms with van der Waals surface area (Å²) in [6.07, 6.45) is 3.79. The van der Waals surface area contributed by atoms with Gasteiger partial charge in [-0.3, -0.25) is 0 Å². The van der Waals surface area contributed by atoms with E-state index in [1.807, 2.05) is 0 Å². The largest absolute Gasteiger partial charge is 0.328 e. The fourth-order valence-corrected chi connectivity index (χ4v) is 2.39. The SMILES string of the molecule is CCCCCn1c(C(C)(C)C)nc2ccccc21. The molecular weight excluding hydrogens is 220 g/mol. The number of fused-ring (bicyclic) bond motifs is 1. The van der Waals surface area contributed by atoms with Gasteiger partial charge in [-0.05, 0) is 18.6 Å². The van der Waals surface area contributed by atoms with E-state index < -0.39 is 0 Å². The van der Waals surface area contributed by atoms with Gasteiger partial charge in [0.25, 0.3) is 0 Å². The Labute approximate surface area is 110 Å². The van der Waals surface area contributed by atoms with Crippen LogP contribution in [0.15, 0.2) is 24.3 Å². The van der Waals surface area contributed by atoms with Crippen LogP contribution in [0.1, 0.15) is 52.8 Å². The first-order valence-corrected chi connectivity index (χ1v) is 7.00. The molecule has 98 valence electrons. The molecule has 0 unspecified atom stereocenters. The fraction of sp³-hybridized carbons (Fsp3) is 0.562. The van der Waals surface area contributed by atoms with E-state index in [9.17, 15) is 0 Å². The summed E-state index contributed by atoms with van der Waals surface area (Å²) in [5.41, 5.74) is 2.50. The van der Waals surface area contributed by atoms with Crippen LogP contribution in [0.4, 0.5) is 0 Å². The van der Waals surface area contributed by atoms with Crippen LogP contribution in [0.25, 0.3) is 11.0 Å². The lowest BCUT2D eigenvalue weighted by Gasteiger charge is -2.20. The molecule has 0 amide bonds. The van der Waals surface area contributed by atoms with Crippen molar-refractivity contribution in [2.45, 2.75) is 58.9 Å². The second-order valence-corrected chi connectivity index (χ2v) is 6.03. The van der Waals surface area contributed by atoms with Crippen LogP contribution in [-0.2, 0) is 12.0 Å². The van der Waals surface area contributed by atoms with Gasteiger partial charge in [0, 0.05) is 12.0 Å². The van der Waals surface area contributed by atoms with E-state index in [1.165, 1.54) is 30.6 Å². The monoisotopic (exact) mass is 244 g/mol. The summed E-state index contributed by atoms with van der Waals surface area (Å²) >= 11 is 0. The predicted molar refractivity (Wildman–Crippen MR) is 78.0 cm³/mol. The van der Waals surface area contributed by atoms with Crippen molar-refractivity contribution in [3.8, 4) is 0 Å². The van der Waals surface area contributed by atoms with Crippen LogP contribution in [-0.4, -0.2) is 9.55 Å². The van der Waals surface area contributed by atoms with Gasteiger partial charge in [0.2, 0.25) is 0 Å². The second-order valence-electron chi connectivity index (χ2n) is 6.03. The summed E-state index contributed by atoms with van der Waals surface area (Å²) in [5, 5.41) is 0. The Kier molecular flexibility index (Phi) is 3.74. The minimum absolute atomic E-state index is 0.102. The number of rotatable bonds is 4. The third-order valence-electron chi connectivity index (χ3n) is 3.31. The van der Waals surface area contributed by atoms with Gasteiger partial charge >= 0.3 is 0 Å². The molecule has 0 radical (unpaired) electrons. The zero-order valence-electron chi connectivity index (χ0n) is 12.0. The van der Waals surface area contributed by atoms with E-state index in [-0.39, 0.29) is 5.41 Å². The molecule has 0 saturated carbocycles. The van der Waals surface area contributed by atoms with E-state index in [0.717, 1.165) is 12.1 Å². The Morgan fingerprint density at radius 2 is 1.83 bits per heavy atom. The van der Waals surface area contributed by atoms with Crippen molar-refractivity contribution in [2.75, 3.05) is 0 Å². The molecule has 0 aliphatic carbocycles. The van der Waals surface area contributed by atoms with E-state index in [2.05, 4.69) is 56.5 Å². The number of benzene rings is 1. The first kappa shape index (κ1) is 13.1. The molecule has 1 aromatic heterocycles. The first-order chi connectivity index (χ1) is 8.54. The Hall–Kier alpha value is -1.31. The average Bonchev–Trinajstić information content (AvgIpc) is 2.69. The van der Waals surface area contributed by atoms with Gasteiger partial charge in [-0.15, -0.1) is 0 Å². The number of hydrogen-bond donors (Lipinski definition) is 0. The van der Waals surface area contributed by atoms with Gasteiger partial charge in [0.1, 0.15) is 5.82 Å². The third kappa shape index (κ3) is 2.58. The Bertz CT molecular complexity index is 517. The molecule has 0 spiro atoms. The van der Waals surface area contributed by atoms with Crippen molar-refractivity contribution < 1.29 is 0 Å². The standard InChI is InChI=1S/C16H24N2/c1-5-6-9-12-18-14-11-8-7-10-13(14)17-15(18)16(2,3)4/h7-8,10-11H,5-6,9,12H2,1-4H3. The lowest BCUT2D eigenvalue weighted by Crippen LogP contribution is -2.19. The van der Waals surface area contributed by atoms with Crippen LogP contribution >= 0.6 is 0 Å². The van der Waals surface area contributed by atoms with Crippen molar-refractivity contribution in [3.05, 3.63) is 30.1 Å². The Morgan fingerprint density at radius 1 is 1.11 bits per heavy atom. The molecule has 0 saturated heterocycles. The van der Waals surface area contributed by atoms with Crippen molar-refractivity contribution in [3.63, 3.8) is 0 Å². The molecule has 0 aliphatic heterocycles. The minimum Gasteiger partial charge on any atom is -0.328 e. The van der Waals surface area contributed by atoms with E-state index >= 15 is 0 Å². The quantitative estimate of drug-likeness (QED) is 0.723. The lowest BCUT2D eigenvalue weighted by atomic mass is 9.95. The smallest absolute Gasteiger partial charge is 0.115 e. The molecule has 0 N–H and O–H groups in total. The normalized spacial score (nSPS) is 12.2. The molecular formula is C16H24N2. The van der Waals surface area contributed by atoms with E-state index in [1.54, 1.807) is 0 Å². The van der Waals surface area contributed by atoms with Gasteiger partial charge in [-0.2, -0.15) is 0 Å².